The van der Waals surface area contributed by atoms with Crippen LogP contribution < -0.4 is 10.2 Å². The zero-order valence-corrected chi connectivity index (χ0v) is 17.9. The van der Waals surface area contributed by atoms with Gasteiger partial charge in [-0.2, -0.15) is 5.10 Å². The average Bonchev–Trinajstić information content (AvgIpc) is 2.72. The second kappa shape index (κ2) is 9.99. The number of carbonyl (C=O) groups excluding carboxylic acids is 1. The highest BCUT2D eigenvalue weighted by molar-refractivity contribution is 6.42. The Morgan fingerprint density at radius 3 is 2.17 bits per heavy atom. The highest BCUT2D eigenvalue weighted by atomic mass is 35.5. The van der Waals surface area contributed by atoms with E-state index in [2.05, 4.69) is 10.5 Å². The van der Waals surface area contributed by atoms with Gasteiger partial charge >= 0.3 is 0 Å². The van der Waals surface area contributed by atoms with Crippen LogP contribution in [-0.4, -0.2) is 12.1 Å². The molecule has 3 rings (SSSR count). The summed E-state index contributed by atoms with van der Waals surface area (Å²) in [6, 6.07) is 17.2. The minimum absolute atomic E-state index is 0.305. The molecule has 0 aromatic heterocycles. The number of amides is 1. The van der Waals surface area contributed by atoms with E-state index in [1.165, 1.54) is 12.3 Å². The maximum atomic E-state index is 12.1. The van der Waals surface area contributed by atoms with Gasteiger partial charge in [-0.05, 0) is 65.7 Å². The molecule has 0 bridgehead atoms. The number of ether oxygens (including phenoxy) is 1. The fourth-order valence-corrected chi connectivity index (χ4v) is 2.93. The third kappa shape index (κ3) is 6.12. The second-order valence-electron chi connectivity index (χ2n) is 5.93. The Hall–Kier alpha value is -2.24. The summed E-state index contributed by atoms with van der Waals surface area (Å²) in [5.74, 6) is 0.300. The quantitative estimate of drug-likeness (QED) is 0.326. The summed E-state index contributed by atoms with van der Waals surface area (Å²) in [6.45, 7) is 0.365. The van der Waals surface area contributed by atoms with E-state index in [4.69, 9.17) is 51.1 Å². The van der Waals surface area contributed by atoms with E-state index in [-0.39, 0.29) is 5.91 Å². The second-order valence-corrected chi connectivity index (χ2v) is 7.56. The van der Waals surface area contributed by atoms with Crippen molar-refractivity contribution in [3.8, 4) is 5.75 Å². The maximum absolute atomic E-state index is 12.1. The molecule has 1 amide bonds. The molecule has 0 spiro atoms. The number of hydrazone groups is 1. The van der Waals surface area contributed by atoms with Crippen LogP contribution in [0.4, 0.5) is 0 Å². The van der Waals surface area contributed by atoms with E-state index in [0.29, 0.717) is 38.0 Å². The lowest BCUT2D eigenvalue weighted by Gasteiger charge is -2.07. The Balaban J connectivity index is 1.53. The fourth-order valence-electron chi connectivity index (χ4n) is 2.31. The molecule has 0 aliphatic carbocycles. The third-order valence-corrected chi connectivity index (χ3v) is 5.31. The van der Waals surface area contributed by atoms with Crippen LogP contribution in [0.3, 0.4) is 0 Å². The number of carbonyl (C=O) groups is 1. The SMILES string of the molecule is O=C(N/N=C\c1ccc(OCc2ccc(Cl)c(Cl)c2)cc1)c1ccc(Cl)c(Cl)c1. The lowest BCUT2D eigenvalue weighted by Crippen LogP contribution is -2.17. The van der Waals surface area contributed by atoms with Crippen LogP contribution in [0.1, 0.15) is 21.5 Å². The number of rotatable bonds is 6. The number of nitrogens with one attached hydrogen (secondary N) is 1. The Kier molecular flexibility index (Phi) is 7.40. The number of hydrogen-bond donors (Lipinski definition) is 1. The van der Waals surface area contributed by atoms with E-state index in [1.54, 1.807) is 36.4 Å². The molecule has 3 aromatic rings. The van der Waals surface area contributed by atoms with Crippen molar-refractivity contribution >= 4 is 58.5 Å². The van der Waals surface area contributed by atoms with E-state index < -0.39 is 0 Å². The summed E-state index contributed by atoms with van der Waals surface area (Å²) < 4.78 is 5.72. The molecule has 0 saturated heterocycles. The largest absolute Gasteiger partial charge is 0.489 e. The molecule has 29 heavy (non-hydrogen) atoms. The molecule has 0 atom stereocenters. The van der Waals surface area contributed by atoms with E-state index >= 15 is 0 Å². The summed E-state index contributed by atoms with van der Waals surface area (Å²) in [5.41, 5.74) is 4.51. The smallest absolute Gasteiger partial charge is 0.271 e. The first kappa shape index (κ1) is 21.5. The van der Waals surface area contributed by atoms with Crippen molar-refractivity contribution in [2.75, 3.05) is 0 Å². The molecule has 0 saturated carbocycles. The van der Waals surface area contributed by atoms with Crippen LogP contribution in [0.15, 0.2) is 65.8 Å². The molecule has 0 fully saturated rings. The lowest BCUT2D eigenvalue weighted by molar-refractivity contribution is 0.0955. The predicted molar refractivity (Wildman–Crippen MR) is 119 cm³/mol. The molecule has 0 aliphatic heterocycles. The van der Waals surface area contributed by atoms with Crippen LogP contribution in [-0.2, 0) is 6.61 Å². The maximum Gasteiger partial charge on any atom is 0.271 e. The molecule has 148 valence electrons. The van der Waals surface area contributed by atoms with Gasteiger partial charge < -0.3 is 4.74 Å². The van der Waals surface area contributed by atoms with Crippen molar-refractivity contribution in [2.24, 2.45) is 5.10 Å². The Morgan fingerprint density at radius 2 is 1.52 bits per heavy atom. The van der Waals surface area contributed by atoms with Crippen molar-refractivity contribution in [2.45, 2.75) is 6.61 Å². The molecule has 8 heteroatoms. The van der Waals surface area contributed by atoms with Crippen molar-refractivity contribution in [3.05, 3.63) is 97.4 Å². The highest BCUT2D eigenvalue weighted by Gasteiger charge is 2.07. The molecule has 1 N–H and O–H groups in total. The monoisotopic (exact) mass is 466 g/mol. The summed E-state index contributed by atoms with van der Waals surface area (Å²) in [4.78, 5) is 12.1. The van der Waals surface area contributed by atoms with E-state index in [9.17, 15) is 4.79 Å². The molecule has 0 unspecified atom stereocenters. The van der Waals surface area contributed by atoms with E-state index in [1.807, 2.05) is 18.2 Å². The summed E-state index contributed by atoms with van der Waals surface area (Å²) >= 11 is 23.6. The van der Waals surface area contributed by atoms with Gasteiger partial charge in [0.25, 0.3) is 5.91 Å². The average molecular weight is 468 g/mol. The van der Waals surface area contributed by atoms with Gasteiger partial charge in [0.1, 0.15) is 12.4 Å². The fraction of sp³-hybridized carbons (Fsp3) is 0.0476. The third-order valence-electron chi connectivity index (χ3n) is 3.83. The van der Waals surface area contributed by atoms with Crippen LogP contribution in [0.25, 0.3) is 0 Å². The number of nitrogens with zero attached hydrogens (tertiary/aromatic N) is 1. The summed E-state index contributed by atoms with van der Waals surface area (Å²) in [5, 5.41) is 5.62. The van der Waals surface area contributed by atoms with Crippen molar-refractivity contribution in [1.82, 2.24) is 5.43 Å². The number of benzene rings is 3. The standard InChI is InChI=1S/C21H14Cl4N2O2/c22-17-7-3-14(9-19(17)24)12-29-16-5-1-13(2-6-16)11-26-27-21(28)15-4-8-18(23)20(25)10-15/h1-11H,12H2,(H,27,28)/b26-11-. The van der Waals surface area contributed by atoms with Gasteiger partial charge in [-0.3, -0.25) is 4.79 Å². The first-order valence-electron chi connectivity index (χ1n) is 8.37. The molecular formula is C21H14Cl4N2O2. The zero-order valence-electron chi connectivity index (χ0n) is 14.8. The molecule has 0 radical (unpaired) electrons. The first-order chi connectivity index (χ1) is 13.9. The van der Waals surface area contributed by atoms with Gasteiger partial charge in [0, 0.05) is 5.56 Å². The van der Waals surface area contributed by atoms with Gasteiger partial charge in [-0.1, -0.05) is 52.5 Å². The normalized spacial score (nSPS) is 10.9. The molecule has 4 nitrogen and oxygen atoms in total. The summed E-state index contributed by atoms with van der Waals surface area (Å²) in [7, 11) is 0. The van der Waals surface area contributed by atoms with Crippen LogP contribution >= 0.6 is 46.4 Å². The first-order valence-corrected chi connectivity index (χ1v) is 9.89. The molecule has 0 aliphatic rings. The van der Waals surface area contributed by atoms with Gasteiger partial charge in [0.05, 0.1) is 26.3 Å². The number of halogens is 4. The van der Waals surface area contributed by atoms with Crippen LogP contribution in [0.5, 0.6) is 5.75 Å². The van der Waals surface area contributed by atoms with E-state index in [0.717, 1.165) is 11.1 Å². The number of hydrogen-bond acceptors (Lipinski definition) is 3. The van der Waals surface area contributed by atoms with Gasteiger partial charge in [-0.15, -0.1) is 0 Å². The summed E-state index contributed by atoms with van der Waals surface area (Å²) in [6.07, 6.45) is 1.53. The van der Waals surface area contributed by atoms with Gasteiger partial charge in [0.2, 0.25) is 0 Å². The molecule has 3 aromatic carbocycles. The van der Waals surface area contributed by atoms with Gasteiger partial charge in [-0.25, -0.2) is 5.43 Å². The Bertz CT molecular complexity index is 1050. The predicted octanol–water partition coefficient (Wildman–Crippen LogP) is 6.64. The minimum atomic E-state index is -0.388. The molecular weight excluding hydrogens is 454 g/mol. The van der Waals surface area contributed by atoms with Crippen molar-refractivity contribution in [3.63, 3.8) is 0 Å². The minimum Gasteiger partial charge on any atom is -0.489 e. The van der Waals surface area contributed by atoms with Crippen LogP contribution in [0.2, 0.25) is 20.1 Å². The van der Waals surface area contributed by atoms with Crippen molar-refractivity contribution < 1.29 is 9.53 Å². The Labute approximate surface area is 188 Å². The van der Waals surface area contributed by atoms with Crippen molar-refractivity contribution in [1.29, 1.82) is 0 Å². The van der Waals surface area contributed by atoms with Gasteiger partial charge in [0.15, 0.2) is 0 Å². The molecule has 0 heterocycles. The highest BCUT2D eigenvalue weighted by Crippen LogP contribution is 2.24. The Morgan fingerprint density at radius 1 is 0.862 bits per heavy atom. The van der Waals surface area contributed by atoms with Crippen LogP contribution in [0, 0.1) is 0 Å². The topological polar surface area (TPSA) is 50.7 Å². The zero-order chi connectivity index (χ0) is 20.8. The lowest BCUT2D eigenvalue weighted by atomic mass is 10.2.